The summed E-state index contributed by atoms with van der Waals surface area (Å²) in [7, 11) is 0. The highest BCUT2D eigenvalue weighted by atomic mass is 16.5. The van der Waals surface area contributed by atoms with E-state index >= 15 is 0 Å². The number of benzene rings is 3. The molecular weight excluding hydrogens is 376 g/mol. The molecule has 0 fully saturated rings. The minimum absolute atomic E-state index is 0.298. The van der Waals surface area contributed by atoms with Crippen LogP contribution >= 0.6 is 0 Å². The lowest BCUT2D eigenvalue weighted by Crippen LogP contribution is -2.30. The van der Waals surface area contributed by atoms with E-state index in [-0.39, 0.29) is 12.5 Å². The fraction of sp³-hybridized carbons (Fsp3) is 0.120. The number of para-hydroxylation sites is 1. The van der Waals surface area contributed by atoms with Gasteiger partial charge in [-0.25, -0.2) is 4.79 Å². The number of hydrogen-bond acceptors (Lipinski definition) is 3. The topological polar surface area (TPSA) is 71.2 Å². The molecule has 0 unspecified atom stereocenters. The molecule has 0 aliphatic carbocycles. The van der Waals surface area contributed by atoms with Gasteiger partial charge in [0, 0.05) is 23.6 Å². The number of aromatic amines is 1. The molecule has 2 N–H and O–H groups in total. The smallest absolute Gasteiger partial charge is 0.338 e. The summed E-state index contributed by atoms with van der Waals surface area (Å²) in [6.45, 7) is 0.178. The van der Waals surface area contributed by atoms with Crippen LogP contribution in [0.25, 0.3) is 22.0 Å². The van der Waals surface area contributed by atoms with Crippen LogP contribution in [0.5, 0.6) is 0 Å². The minimum Gasteiger partial charge on any atom is -0.452 e. The van der Waals surface area contributed by atoms with E-state index < -0.39 is 5.97 Å². The summed E-state index contributed by atoms with van der Waals surface area (Å²) in [4.78, 5) is 27.4. The summed E-state index contributed by atoms with van der Waals surface area (Å²) in [5, 5.41) is 3.94. The van der Waals surface area contributed by atoms with Crippen molar-refractivity contribution < 1.29 is 14.3 Å². The van der Waals surface area contributed by atoms with Crippen LogP contribution in [-0.4, -0.2) is 30.0 Å². The average Bonchev–Trinajstić information content (AvgIpc) is 3.21. The summed E-state index contributed by atoms with van der Waals surface area (Å²) in [5.74, 6) is -0.828. The second kappa shape index (κ2) is 9.09. The number of nitrogens with one attached hydrogen (secondary N) is 2. The Morgan fingerprint density at radius 3 is 2.33 bits per heavy atom. The fourth-order valence-electron chi connectivity index (χ4n) is 3.37. The van der Waals surface area contributed by atoms with Crippen LogP contribution in [0.1, 0.15) is 15.9 Å². The van der Waals surface area contributed by atoms with Gasteiger partial charge in [0.2, 0.25) is 0 Å². The molecule has 150 valence electrons. The normalized spacial score (nSPS) is 10.7. The molecule has 0 saturated heterocycles. The molecule has 1 amide bonds. The molecule has 0 saturated carbocycles. The predicted molar refractivity (Wildman–Crippen MR) is 117 cm³/mol. The Labute approximate surface area is 174 Å². The van der Waals surface area contributed by atoms with Gasteiger partial charge in [-0.15, -0.1) is 0 Å². The Morgan fingerprint density at radius 2 is 1.53 bits per heavy atom. The first-order chi connectivity index (χ1) is 14.7. The van der Waals surface area contributed by atoms with E-state index in [1.165, 1.54) is 0 Å². The van der Waals surface area contributed by atoms with E-state index in [2.05, 4.69) is 10.3 Å². The van der Waals surface area contributed by atoms with Gasteiger partial charge in [0.05, 0.1) is 5.56 Å². The van der Waals surface area contributed by atoms with E-state index in [1.807, 2.05) is 72.9 Å². The number of aromatic nitrogens is 1. The quantitative estimate of drug-likeness (QED) is 0.455. The van der Waals surface area contributed by atoms with E-state index in [4.69, 9.17) is 4.74 Å². The Balaban J connectivity index is 1.24. The lowest BCUT2D eigenvalue weighted by Gasteiger charge is -2.07. The van der Waals surface area contributed by atoms with Crippen LogP contribution in [0.15, 0.2) is 85.1 Å². The molecular formula is C25H22N2O3. The van der Waals surface area contributed by atoms with Gasteiger partial charge >= 0.3 is 5.97 Å². The first kappa shape index (κ1) is 19.5. The van der Waals surface area contributed by atoms with Crippen LogP contribution in [0.2, 0.25) is 0 Å². The maximum Gasteiger partial charge on any atom is 0.338 e. The van der Waals surface area contributed by atoms with Crippen LogP contribution < -0.4 is 5.32 Å². The maximum absolute atomic E-state index is 12.2. The molecule has 0 spiro atoms. The molecule has 1 heterocycles. The van der Waals surface area contributed by atoms with E-state index in [9.17, 15) is 9.59 Å². The lowest BCUT2D eigenvalue weighted by atomic mass is 10.0. The minimum atomic E-state index is -0.513. The zero-order chi connectivity index (χ0) is 20.8. The Morgan fingerprint density at radius 1 is 0.833 bits per heavy atom. The average molecular weight is 398 g/mol. The third-order valence-electron chi connectivity index (χ3n) is 4.95. The van der Waals surface area contributed by atoms with Crippen molar-refractivity contribution in [3.63, 3.8) is 0 Å². The van der Waals surface area contributed by atoms with E-state index in [1.54, 1.807) is 12.1 Å². The van der Waals surface area contributed by atoms with Crippen molar-refractivity contribution in [2.45, 2.75) is 6.42 Å². The van der Waals surface area contributed by atoms with Gasteiger partial charge in [-0.1, -0.05) is 60.7 Å². The van der Waals surface area contributed by atoms with Crippen molar-refractivity contribution in [2.24, 2.45) is 0 Å². The largest absolute Gasteiger partial charge is 0.452 e. The number of esters is 1. The number of H-pyrrole nitrogens is 1. The van der Waals surface area contributed by atoms with Gasteiger partial charge in [0.1, 0.15) is 0 Å². The molecule has 4 rings (SSSR count). The number of ether oxygens (including phenoxy) is 1. The molecule has 4 aromatic rings. The van der Waals surface area contributed by atoms with Crippen molar-refractivity contribution >= 4 is 22.8 Å². The number of rotatable bonds is 7. The molecule has 0 atom stereocenters. The maximum atomic E-state index is 12.2. The van der Waals surface area contributed by atoms with Crippen molar-refractivity contribution in [2.75, 3.05) is 13.2 Å². The number of hydrogen-bond donors (Lipinski definition) is 2. The highest BCUT2D eigenvalue weighted by Gasteiger charge is 2.11. The van der Waals surface area contributed by atoms with Crippen molar-refractivity contribution in [1.29, 1.82) is 0 Å². The van der Waals surface area contributed by atoms with Crippen molar-refractivity contribution in [3.8, 4) is 11.1 Å². The highest BCUT2D eigenvalue weighted by Crippen LogP contribution is 2.20. The monoisotopic (exact) mass is 398 g/mol. The molecule has 5 nitrogen and oxygen atoms in total. The van der Waals surface area contributed by atoms with Crippen LogP contribution in [-0.2, 0) is 16.0 Å². The third kappa shape index (κ3) is 4.58. The summed E-state index contributed by atoms with van der Waals surface area (Å²) in [6.07, 6.45) is 2.65. The summed E-state index contributed by atoms with van der Waals surface area (Å²) >= 11 is 0. The number of carbonyl (C=O) groups is 2. The molecule has 0 aliphatic heterocycles. The number of amides is 1. The number of fused-ring (bicyclic) bond motifs is 1. The van der Waals surface area contributed by atoms with Crippen LogP contribution in [0.3, 0.4) is 0 Å². The summed E-state index contributed by atoms with van der Waals surface area (Å²) in [5.41, 5.74) is 4.72. The molecule has 3 aromatic carbocycles. The molecule has 0 aliphatic rings. The first-order valence-corrected chi connectivity index (χ1v) is 9.85. The molecule has 5 heteroatoms. The van der Waals surface area contributed by atoms with Gasteiger partial charge in [0.15, 0.2) is 6.61 Å². The second-order valence-electron chi connectivity index (χ2n) is 6.98. The Bertz CT molecular complexity index is 1150. The molecule has 30 heavy (non-hydrogen) atoms. The first-order valence-electron chi connectivity index (χ1n) is 9.85. The number of carbonyl (C=O) groups excluding carboxylic acids is 2. The van der Waals surface area contributed by atoms with Crippen LogP contribution in [0, 0.1) is 0 Å². The van der Waals surface area contributed by atoms with Gasteiger partial charge < -0.3 is 15.0 Å². The van der Waals surface area contributed by atoms with E-state index in [0.29, 0.717) is 18.5 Å². The van der Waals surface area contributed by atoms with Gasteiger partial charge in [-0.3, -0.25) is 4.79 Å². The SMILES string of the molecule is O=C(COC(=O)c1ccc(-c2ccccc2)cc1)NCCc1c[nH]c2ccccc12. The van der Waals surface area contributed by atoms with Gasteiger partial charge in [0.25, 0.3) is 5.91 Å². The Kier molecular flexibility index (Phi) is 5.90. The fourth-order valence-corrected chi connectivity index (χ4v) is 3.37. The predicted octanol–water partition coefficient (Wildman–Crippen LogP) is 4.35. The zero-order valence-electron chi connectivity index (χ0n) is 16.4. The molecule has 0 bridgehead atoms. The lowest BCUT2D eigenvalue weighted by molar-refractivity contribution is -0.124. The summed E-state index contributed by atoms with van der Waals surface area (Å²) < 4.78 is 5.14. The zero-order valence-corrected chi connectivity index (χ0v) is 16.4. The van der Waals surface area contributed by atoms with Gasteiger partial charge in [-0.05, 0) is 41.3 Å². The van der Waals surface area contributed by atoms with Gasteiger partial charge in [-0.2, -0.15) is 0 Å². The molecule has 0 radical (unpaired) electrons. The van der Waals surface area contributed by atoms with Crippen molar-refractivity contribution in [3.05, 3.63) is 96.2 Å². The second-order valence-corrected chi connectivity index (χ2v) is 6.98. The highest BCUT2D eigenvalue weighted by molar-refractivity contribution is 5.92. The van der Waals surface area contributed by atoms with Crippen molar-refractivity contribution in [1.82, 2.24) is 10.3 Å². The third-order valence-corrected chi connectivity index (χ3v) is 4.95. The van der Waals surface area contributed by atoms with Crippen LogP contribution in [0.4, 0.5) is 0 Å². The molecule has 1 aromatic heterocycles. The standard InChI is InChI=1S/C25H22N2O3/c28-24(26-15-14-21-16-27-23-9-5-4-8-22(21)23)17-30-25(29)20-12-10-19(11-13-20)18-6-2-1-3-7-18/h1-13,16,27H,14-15,17H2,(H,26,28). The summed E-state index contributed by atoms with van der Waals surface area (Å²) in [6, 6.07) is 25.1. The Hall–Kier alpha value is -3.86. The van der Waals surface area contributed by atoms with E-state index in [0.717, 1.165) is 27.6 Å².